The molecule has 1 aliphatic rings. The van der Waals surface area contributed by atoms with Crippen LogP contribution in [0.3, 0.4) is 0 Å². The van der Waals surface area contributed by atoms with E-state index in [0.29, 0.717) is 17.4 Å². The largest absolute Gasteiger partial charge is 0.293 e. The van der Waals surface area contributed by atoms with Gasteiger partial charge in [0.15, 0.2) is 0 Å². The van der Waals surface area contributed by atoms with Crippen molar-refractivity contribution >= 4 is 26.8 Å². The first-order valence-corrected chi connectivity index (χ1v) is 9.80. The first-order valence-electron chi connectivity index (χ1n) is 9.00. The molecule has 27 heavy (non-hydrogen) atoms. The van der Waals surface area contributed by atoms with Crippen LogP contribution >= 0.6 is 15.9 Å². The van der Waals surface area contributed by atoms with Gasteiger partial charge in [-0.25, -0.2) is 9.67 Å². The summed E-state index contributed by atoms with van der Waals surface area (Å²) in [6.45, 7) is 0.441. The van der Waals surface area contributed by atoms with Crippen LogP contribution in [0.15, 0.2) is 64.1 Å². The average molecular weight is 421 g/mol. The molecule has 5 rings (SSSR count). The van der Waals surface area contributed by atoms with Crippen molar-refractivity contribution in [2.45, 2.75) is 25.8 Å². The summed E-state index contributed by atoms with van der Waals surface area (Å²) < 4.78 is 4.57. The third-order valence-corrected chi connectivity index (χ3v) is 5.61. The maximum Gasteiger partial charge on any atom is 0.261 e. The zero-order valence-electron chi connectivity index (χ0n) is 14.6. The van der Waals surface area contributed by atoms with Gasteiger partial charge in [-0.2, -0.15) is 5.10 Å². The summed E-state index contributed by atoms with van der Waals surface area (Å²) in [5.74, 6) is 0. The molecule has 0 radical (unpaired) electrons. The molecule has 1 aliphatic carbocycles. The Morgan fingerprint density at radius 2 is 1.93 bits per heavy atom. The Hall–Kier alpha value is -2.73. The molecule has 0 N–H and O–H groups in total. The molecule has 6 heteroatoms. The summed E-state index contributed by atoms with van der Waals surface area (Å²) in [5, 5.41) is 5.47. The molecule has 2 heterocycles. The van der Waals surface area contributed by atoms with E-state index in [1.54, 1.807) is 10.9 Å². The van der Waals surface area contributed by atoms with E-state index in [4.69, 9.17) is 5.10 Å². The van der Waals surface area contributed by atoms with Gasteiger partial charge in [-0.15, -0.1) is 0 Å². The highest BCUT2D eigenvalue weighted by Gasteiger charge is 2.23. The van der Waals surface area contributed by atoms with E-state index in [0.717, 1.165) is 35.1 Å². The van der Waals surface area contributed by atoms with Crippen LogP contribution in [0.5, 0.6) is 0 Å². The van der Waals surface area contributed by atoms with Gasteiger partial charge < -0.3 is 0 Å². The Bertz CT molecular complexity index is 1210. The molecule has 0 atom stereocenters. The lowest BCUT2D eigenvalue weighted by molar-refractivity contribution is 0.692. The van der Waals surface area contributed by atoms with Crippen LogP contribution in [0.25, 0.3) is 16.6 Å². The molecule has 134 valence electrons. The average Bonchev–Trinajstić information content (AvgIpc) is 3.29. The zero-order valence-corrected chi connectivity index (χ0v) is 16.2. The fourth-order valence-electron chi connectivity index (χ4n) is 3.83. The van der Waals surface area contributed by atoms with Gasteiger partial charge in [0.2, 0.25) is 0 Å². The number of benzene rings is 2. The summed E-state index contributed by atoms with van der Waals surface area (Å²) in [5.41, 5.74) is 5.24. The summed E-state index contributed by atoms with van der Waals surface area (Å²) in [6, 6.07) is 15.8. The molecule has 2 aromatic carbocycles. The first-order chi connectivity index (χ1) is 13.2. The monoisotopic (exact) mass is 420 g/mol. The number of para-hydroxylation sites is 1. The maximum atomic E-state index is 12.9. The minimum absolute atomic E-state index is 0.0395. The van der Waals surface area contributed by atoms with Crippen molar-refractivity contribution in [1.82, 2.24) is 19.3 Å². The summed E-state index contributed by atoms with van der Waals surface area (Å²) in [6.07, 6.45) is 4.79. The minimum atomic E-state index is -0.0395. The smallest absolute Gasteiger partial charge is 0.261 e. The normalized spacial score (nSPS) is 13.2. The number of nitrogens with zero attached hydrogens (tertiary/aromatic N) is 4. The van der Waals surface area contributed by atoms with Crippen molar-refractivity contribution in [2.24, 2.45) is 0 Å². The summed E-state index contributed by atoms with van der Waals surface area (Å²) in [7, 11) is 0. The quantitative estimate of drug-likeness (QED) is 0.505. The highest BCUT2D eigenvalue weighted by molar-refractivity contribution is 9.10. The third kappa shape index (κ3) is 2.80. The second-order valence-corrected chi connectivity index (χ2v) is 7.73. The Kier molecular flexibility index (Phi) is 3.93. The van der Waals surface area contributed by atoms with Gasteiger partial charge in [0.05, 0.1) is 35.2 Å². The van der Waals surface area contributed by atoms with Gasteiger partial charge in [0.25, 0.3) is 5.56 Å². The highest BCUT2D eigenvalue weighted by Crippen LogP contribution is 2.28. The van der Waals surface area contributed by atoms with Crippen LogP contribution in [0.2, 0.25) is 0 Å². The van der Waals surface area contributed by atoms with E-state index in [2.05, 4.69) is 33.0 Å². The third-order valence-electron chi connectivity index (χ3n) is 5.12. The van der Waals surface area contributed by atoms with E-state index < -0.39 is 0 Å². The van der Waals surface area contributed by atoms with Crippen molar-refractivity contribution in [3.05, 3.63) is 86.6 Å². The van der Waals surface area contributed by atoms with E-state index >= 15 is 0 Å². The van der Waals surface area contributed by atoms with E-state index in [1.807, 2.05) is 41.1 Å². The van der Waals surface area contributed by atoms with Gasteiger partial charge in [0.1, 0.15) is 0 Å². The fraction of sp³-hybridized carbons (Fsp3) is 0.190. The van der Waals surface area contributed by atoms with Crippen molar-refractivity contribution in [3.8, 4) is 5.69 Å². The van der Waals surface area contributed by atoms with Crippen LogP contribution in [-0.2, 0) is 19.4 Å². The number of rotatable bonds is 3. The number of aromatic nitrogens is 4. The molecule has 0 bridgehead atoms. The van der Waals surface area contributed by atoms with Gasteiger partial charge >= 0.3 is 0 Å². The Morgan fingerprint density at radius 1 is 1.07 bits per heavy atom. The summed E-state index contributed by atoms with van der Waals surface area (Å²) in [4.78, 5) is 17.4. The lowest BCUT2D eigenvalue weighted by atomic mass is 10.2. The predicted molar refractivity (Wildman–Crippen MR) is 108 cm³/mol. The molecule has 0 saturated heterocycles. The molecule has 0 fully saturated rings. The van der Waals surface area contributed by atoms with Gasteiger partial charge in [-0.3, -0.25) is 9.36 Å². The molecule has 0 amide bonds. The predicted octanol–water partition coefficient (Wildman–Crippen LogP) is 3.88. The lowest BCUT2D eigenvalue weighted by Crippen LogP contribution is -2.22. The summed E-state index contributed by atoms with van der Waals surface area (Å²) >= 11 is 3.44. The molecule has 0 unspecified atom stereocenters. The van der Waals surface area contributed by atoms with Gasteiger partial charge in [0, 0.05) is 10.2 Å². The van der Waals surface area contributed by atoms with Crippen LogP contribution in [0, 0.1) is 0 Å². The van der Waals surface area contributed by atoms with E-state index in [1.165, 1.54) is 11.3 Å². The van der Waals surface area contributed by atoms with Gasteiger partial charge in [-0.1, -0.05) is 34.1 Å². The van der Waals surface area contributed by atoms with Crippen molar-refractivity contribution in [3.63, 3.8) is 0 Å². The molecule has 4 aromatic rings. The van der Waals surface area contributed by atoms with Gasteiger partial charge in [-0.05, 0) is 55.2 Å². The number of hydrogen-bond acceptors (Lipinski definition) is 3. The SMILES string of the molecule is O=c1c2cc(Br)ccc2ncn1Cc1nn(-c2ccccc2)c2c1CCC2. The minimum Gasteiger partial charge on any atom is -0.293 e. The Labute approximate surface area is 164 Å². The molecule has 0 aliphatic heterocycles. The van der Waals surface area contributed by atoms with E-state index in [-0.39, 0.29) is 5.56 Å². The fourth-order valence-corrected chi connectivity index (χ4v) is 4.19. The molecule has 0 saturated carbocycles. The molecule has 5 nitrogen and oxygen atoms in total. The topological polar surface area (TPSA) is 52.7 Å². The van der Waals surface area contributed by atoms with Crippen LogP contribution in [0.1, 0.15) is 23.4 Å². The standard InChI is InChI=1S/C21H17BrN4O/c22-14-9-10-18-17(11-14)21(27)25(13-23-18)12-19-16-7-4-8-20(16)26(24-19)15-5-2-1-3-6-15/h1-3,5-6,9-11,13H,4,7-8,12H2. The molecular weight excluding hydrogens is 404 g/mol. The number of hydrogen-bond donors (Lipinski definition) is 0. The molecule has 0 spiro atoms. The maximum absolute atomic E-state index is 12.9. The van der Waals surface area contributed by atoms with Crippen molar-refractivity contribution in [1.29, 1.82) is 0 Å². The highest BCUT2D eigenvalue weighted by atomic mass is 79.9. The molecule has 2 aromatic heterocycles. The second kappa shape index (κ2) is 6.46. The van der Waals surface area contributed by atoms with Crippen molar-refractivity contribution in [2.75, 3.05) is 0 Å². The lowest BCUT2D eigenvalue weighted by Gasteiger charge is -2.07. The zero-order chi connectivity index (χ0) is 18.4. The van der Waals surface area contributed by atoms with E-state index in [9.17, 15) is 4.79 Å². The Balaban J connectivity index is 1.60. The van der Waals surface area contributed by atoms with Crippen LogP contribution in [0.4, 0.5) is 0 Å². The Morgan fingerprint density at radius 3 is 2.78 bits per heavy atom. The first kappa shape index (κ1) is 16.4. The second-order valence-electron chi connectivity index (χ2n) is 6.81. The molecular formula is C21H17BrN4O. The number of fused-ring (bicyclic) bond motifs is 2. The van der Waals surface area contributed by atoms with Crippen molar-refractivity contribution < 1.29 is 0 Å². The van der Waals surface area contributed by atoms with Crippen LogP contribution in [-0.4, -0.2) is 19.3 Å². The number of halogens is 1. The van der Waals surface area contributed by atoms with Crippen LogP contribution < -0.4 is 5.56 Å².